The Kier molecular flexibility index (Phi) is 6.12. The summed E-state index contributed by atoms with van der Waals surface area (Å²) < 4.78 is 5.79. The van der Waals surface area contributed by atoms with Gasteiger partial charge < -0.3 is 19.4 Å². The molecule has 0 N–H and O–H groups in total. The van der Waals surface area contributed by atoms with E-state index in [0.29, 0.717) is 13.1 Å². The summed E-state index contributed by atoms with van der Waals surface area (Å²) in [5, 5.41) is 0. The van der Waals surface area contributed by atoms with E-state index in [2.05, 4.69) is 14.8 Å². The van der Waals surface area contributed by atoms with Crippen molar-refractivity contribution in [1.29, 1.82) is 0 Å². The lowest BCUT2D eigenvalue weighted by atomic mass is 10.1. The Morgan fingerprint density at radius 2 is 1.66 bits per heavy atom. The number of carbonyl (C=O) groups excluding carboxylic acids is 1. The van der Waals surface area contributed by atoms with Gasteiger partial charge in [0.1, 0.15) is 11.6 Å². The first kappa shape index (κ1) is 19.5. The molecule has 7 nitrogen and oxygen atoms in total. The average molecular weight is 396 g/mol. The quantitative estimate of drug-likeness (QED) is 0.776. The molecule has 0 radical (unpaired) electrons. The number of ether oxygens (including phenoxy) is 1. The fourth-order valence-electron chi connectivity index (χ4n) is 3.93. The van der Waals surface area contributed by atoms with Crippen LogP contribution in [0.15, 0.2) is 42.6 Å². The summed E-state index contributed by atoms with van der Waals surface area (Å²) in [5.74, 6) is 2.52. The summed E-state index contributed by atoms with van der Waals surface area (Å²) in [4.78, 5) is 28.4. The highest BCUT2D eigenvalue weighted by Gasteiger charge is 2.27. The molecule has 7 heteroatoms. The normalized spacial score (nSPS) is 18.4. The van der Waals surface area contributed by atoms with Crippen molar-refractivity contribution in [2.45, 2.75) is 32.3 Å². The van der Waals surface area contributed by atoms with Gasteiger partial charge in [-0.1, -0.05) is 18.2 Å². The maximum absolute atomic E-state index is 12.8. The zero-order valence-electron chi connectivity index (χ0n) is 17.0. The van der Waals surface area contributed by atoms with Crippen molar-refractivity contribution in [1.82, 2.24) is 14.9 Å². The molecule has 0 bridgehead atoms. The molecule has 3 heterocycles. The fraction of sp³-hybridized carbons (Fsp3) is 0.500. The number of carbonyl (C=O) groups is 1. The first-order valence-corrected chi connectivity index (χ1v) is 10.5. The molecule has 0 spiro atoms. The number of rotatable bonds is 5. The highest BCUT2D eigenvalue weighted by Crippen LogP contribution is 2.20. The van der Waals surface area contributed by atoms with Gasteiger partial charge in [-0.2, -0.15) is 4.98 Å². The minimum atomic E-state index is -0.492. The second kappa shape index (κ2) is 9.11. The zero-order chi connectivity index (χ0) is 20.1. The number of piperidine rings is 1. The summed E-state index contributed by atoms with van der Waals surface area (Å²) in [5.41, 5.74) is 0. The molecule has 4 rings (SSSR count). The molecule has 2 saturated heterocycles. The molecule has 1 aromatic heterocycles. The monoisotopic (exact) mass is 395 g/mol. The van der Waals surface area contributed by atoms with Gasteiger partial charge >= 0.3 is 0 Å². The van der Waals surface area contributed by atoms with Crippen molar-refractivity contribution in [2.75, 3.05) is 49.1 Å². The van der Waals surface area contributed by atoms with Crippen LogP contribution in [-0.4, -0.2) is 66.1 Å². The molecule has 29 heavy (non-hydrogen) atoms. The number of anilines is 2. The molecule has 2 aromatic rings. The van der Waals surface area contributed by atoms with Crippen molar-refractivity contribution >= 4 is 17.7 Å². The van der Waals surface area contributed by atoms with Crippen LogP contribution in [0.5, 0.6) is 5.75 Å². The molecule has 154 valence electrons. The molecule has 2 fully saturated rings. The van der Waals surface area contributed by atoms with Crippen LogP contribution in [-0.2, 0) is 4.79 Å². The molecular weight excluding hydrogens is 366 g/mol. The van der Waals surface area contributed by atoms with Gasteiger partial charge in [0.15, 0.2) is 6.10 Å². The standard InChI is InChI=1S/C22H29N5O2/c1-18(29-19-8-4-2-5-9-19)21(28)26-16-14-25(15-17-26)20-10-11-23-22(24-20)27-12-6-3-7-13-27/h2,4-5,8-11,18H,3,6-7,12-17H2,1H3/t18-/m1/s1. The number of aromatic nitrogens is 2. The van der Waals surface area contributed by atoms with E-state index in [-0.39, 0.29) is 5.91 Å². The van der Waals surface area contributed by atoms with Crippen molar-refractivity contribution < 1.29 is 9.53 Å². The molecule has 1 aromatic carbocycles. The number of amides is 1. The summed E-state index contributed by atoms with van der Waals surface area (Å²) in [6, 6.07) is 11.5. The first-order valence-electron chi connectivity index (χ1n) is 10.5. The van der Waals surface area contributed by atoms with Crippen molar-refractivity contribution in [3.05, 3.63) is 42.6 Å². The van der Waals surface area contributed by atoms with Gasteiger partial charge in [0.2, 0.25) is 5.95 Å². The largest absolute Gasteiger partial charge is 0.481 e. The van der Waals surface area contributed by atoms with Crippen LogP contribution < -0.4 is 14.5 Å². The predicted molar refractivity (Wildman–Crippen MR) is 113 cm³/mol. The number of nitrogens with zero attached hydrogens (tertiary/aromatic N) is 5. The van der Waals surface area contributed by atoms with E-state index in [9.17, 15) is 4.79 Å². The summed E-state index contributed by atoms with van der Waals surface area (Å²) >= 11 is 0. The molecular formula is C22H29N5O2. The van der Waals surface area contributed by atoms with Gasteiger partial charge in [-0.25, -0.2) is 4.98 Å². The maximum atomic E-state index is 12.8. The lowest BCUT2D eigenvalue weighted by molar-refractivity contribution is -0.138. The number of piperazine rings is 1. The Labute approximate surface area is 172 Å². The summed E-state index contributed by atoms with van der Waals surface area (Å²) in [7, 11) is 0. The van der Waals surface area contributed by atoms with E-state index in [0.717, 1.165) is 43.7 Å². The summed E-state index contributed by atoms with van der Waals surface area (Å²) in [6.45, 7) is 6.75. The maximum Gasteiger partial charge on any atom is 0.263 e. The van der Waals surface area contributed by atoms with Crippen LogP contribution >= 0.6 is 0 Å². The van der Waals surface area contributed by atoms with Gasteiger partial charge in [0, 0.05) is 45.5 Å². The highest BCUT2D eigenvalue weighted by atomic mass is 16.5. The second-order valence-corrected chi connectivity index (χ2v) is 7.65. The Balaban J connectivity index is 1.32. The SMILES string of the molecule is C[C@@H](Oc1ccccc1)C(=O)N1CCN(c2ccnc(N3CCCCC3)n2)CC1. The van der Waals surface area contributed by atoms with E-state index < -0.39 is 6.10 Å². The fourth-order valence-corrected chi connectivity index (χ4v) is 3.93. The minimum absolute atomic E-state index is 0.0326. The molecule has 2 aliphatic rings. The van der Waals surface area contributed by atoms with Crippen LogP contribution in [0.3, 0.4) is 0 Å². The Morgan fingerprint density at radius 3 is 2.38 bits per heavy atom. The third-order valence-corrected chi connectivity index (χ3v) is 5.59. The second-order valence-electron chi connectivity index (χ2n) is 7.65. The highest BCUT2D eigenvalue weighted by molar-refractivity contribution is 5.81. The van der Waals surface area contributed by atoms with E-state index >= 15 is 0 Å². The number of benzene rings is 1. The van der Waals surface area contributed by atoms with Crippen LogP contribution in [0.2, 0.25) is 0 Å². The lowest BCUT2D eigenvalue weighted by Crippen LogP contribution is -2.52. The number of hydrogen-bond acceptors (Lipinski definition) is 6. The number of para-hydroxylation sites is 1. The number of hydrogen-bond donors (Lipinski definition) is 0. The minimum Gasteiger partial charge on any atom is -0.481 e. The van der Waals surface area contributed by atoms with Gasteiger partial charge in [-0.15, -0.1) is 0 Å². The Hall–Kier alpha value is -2.83. The molecule has 0 saturated carbocycles. The predicted octanol–water partition coefficient (Wildman–Crippen LogP) is 2.58. The van der Waals surface area contributed by atoms with E-state index in [1.807, 2.05) is 54.4 Å². The topological polar surface area (TPSA) is 61.8 Å². The van der Waals surface area contributed by atoms with Crippen LogP contribution in [0, 0.1) is 0 Å². The van der Waals surface area contributed by atoms with Crippen molar-refractivity contribution in [3.63, 3.8) is 0 Å². The Bertz CT molecular complexity index is 802. The smallest absolute Gasteiger partial charge is 0.263 e. The van der Waals surface area contributed by atoms with Crippen LogP contribution in [0.4, 0.5) is 11.8 Å². The van der Waals surface area contributed by atoms with E-state index in [1.165, 1.54) is 19.3 Å². The zero-order valence-corrected chi connectivity index (χ0v) is 17.0. The average Bonchev–Trinajstić information content (AvgIpc) is 2.80. The van der Waals surface area contributed by atoms with Crippen molar-refractivity contribution in [3.8, 4) is 5.75 Å². The van der Waals surface area contributed by atoms with Crippen LogP contribution in [0.25, 0.3) is 0 Å². The lowest BCUT2D eigenvalue weighted by Gasteiger charge is -2.36. The molecule has 0 aliphatic carbocycles. The van der Waals surface area contributed by atoms with Crippen molar-refractivity contribution in [2.24, 2.45) is 0 Å². The van der Waals surface area contributed by atoms with Gasteiger partial charge in [-0.05, 0) is 44.4 Å². The van der Waals surface area contributed by atoms with Gasteiger partial charge in [-0.3, -0.25) is 4.79 Å². The third-order valence-electron chi connectivity index (χ3n) is 5.59. The van der Waals surface area contributed by atoms with Crippen LogP contribution in [0.1, 0.15) is 26.2 Å². The van der Waals surface area contributed by atoms with E-state index in [1.54, 1.807) is 0 Å². The van der Waals surface area contributed by atoms with Gasteiger partial charge in [0.25, 0.3) is 5.91 Å². The third kappa shape index (κ3) is 4.78. The van der Waals surface area contributed by atoms with Gasteiger partial charge in [0.05, 0.1) is 0 Å². The molecule has 2 aliphatic heterocycles. The first-order chi connectivity index (χ1) is 14.2. The van der Waals surface area contributed by atoms with E-state index in [4.69, 9.17) is 9.72 Å². The molecule has 1 atom stereocenters. The molecule has 1 amide bonds. The summed E-state index contributed by atoms with van der Waals surface area (Å²) in [6.07, 6.45) is 5.06. The Morgan fingerprint density at radius 1 is 0.931 bits per heavy atom. The molecule has 0 unspecified atom stereocenters.